The van der Waals surface area contributed by atoms with Crippen molar-refractivity contribution >= 4 is 27.3 Å². The molecule has 0 unspecified atom stereocenters. The van der Waals surface area contributed by atoms with Crippen LogP contribution in [0.25, 0.3) is 0 Å². The Hall–Kier alpha value is -2.56. The molecule has 1 heterocycles. The first-order valence-corrected chi connectivity index (χ1v) is 12.0. The van der Waals surface area contributed by atoms with Crippen LogP contribution in [0.1, 0.15) is 18.9 Å². The summed E-state index contributed by atoms with van der Waals surface area (Å²) < 4.78 is 52.9. The number of piperazine rings is 1. The molecular formula is C22H28F2N4O3S. The van der Waals surface area contributed by atoms with Crippen LogP contribution in [0.4, 0.5) is 20.2 Å². The first-order valence-electron chi connectivity index (χ1n) is 10.5. The van der Waals surface area contributed by atoms with E-state index in [1.807, 2.05) is 25.1 Å². The Morgan fingerprint density at radius 1 is 1.03 bits per heavy atom. The first kappa shape index (κ1) is 24.1. The molecule has 1 fully saturated rings. The Morgan fingerprint density at radius 3 is 2.38 bits per heavy atom. The molecule has 0 saturated carbocycles. The Kier molecular flexibility index (Phi) is 7.81. The van der Waals surface area contributed by atoms with Crippen molar-refractivity contribution in [3.63, 3.8) is 0 Å². The van der Waals surface area contributed by atoms with Gasteiger partial charge in [-0.25, -0.2) is 21.9 Å². The Balaban J connectivity index is 1.52. The first-order chi connectivity index (χ1) is 15.2. The summed E-state index contributed by atoms with van der Waals surface area (Å²) >= 11 is 0. The van der Waals surface area contributed by atoms with Crippen LogP contribution in [0.5, 0.6) is 0 Å². The summed E-state index contributed by atoms with van der Waals surface area (Å²) in [4.78, 5) is 16.6. The van der Waals surface area contributed by atoms with E-state index in [0.717, 1.165) is 56.1 Å². The van der Waals surface area contributed by atoms with Gasteiger partial charge in [-0.05, 0) is 55.4 Å². The van der Waals surface area contributed by atoms with E-state index < -0.39 is 26.6 Å². The maximum atomic E-state index is 13.3. The van der Waals surface area contributed by atoms with Gasteiger partial charge < -0.3 is 15.1 Å². The number of halogens is 2. The van der Waals surface area contributed by atoms with E-state index in [1.54, 1.807) is 0 Å². The van der Waals surface area contributed by atoms with Crippen molar-refractivity contribution in [3.8, 4) is 0 Å². The van der Waals surface area contributed by atoms with Gasteiger partial charge in [-0.15, -0.1) is 0 Å². The molecule has 10 heteroatoms. The van der Waals surface area contributed by atoms with Crippen molar-refractivity contribution < 1.29 is 22.0 Å². The van der Waals surface area contributed by atoms with Crippen LogP contribution in [-0.2, 0) is 14.8 Å². The van der Waals surface area contributed by atoms with Gasteiger partial charge in [0, 0.05) is 50.5 Å². The zero-order chi connectivity index (χ0) is 23.3. The van der Waals surface area contributed by atoms with E-state index in [0.29, 0.717) is 11.8 Å². The number of amides is 1. The molecule has 2 N–H and O–H groups in total. The van der Waals surface area contributed by atoms with E-state index >= 15 is 0 Å². The minimum absolute atomic E-state index is 0.108. The highest BCUT2D eigenvalue weighted by molar-refractivity contribution is 7.89. The van der Waals surface area contributed by atoms with Gasteiger partial charge in [0.1, 0.15) is 0 Å². The molecule has 2 aromatic rings. The number of nitrogens with one attached hydrogen (secondary N) is 2. The largest absolute Gasteiger partial charge is 0.369 e. The standard InChI is InChI=1S/C22H28F2N4O3S/c1-3-27-10-12-28(13-11-27)17-4-7-21(16(2)14-17)26-22(29)8-9-25-32(30,31)18-5-6-19(23)20(24)15-18/h4-7,14-15,25H,3,8-13H2,1-2H3,(H,26,29). The predicted octanol–water partition coefficient (Wildman–Crippen LogP) is 2.72. The van der Waals surface area contributed by atoms with Crippen molar-refractivity contribution in [1.82, 2.24) is 9.62 Å². The average Bonchev–Trinajstić information content (AvgIpc) is 2.77. The highest BCUT2D eigenvalue weighted by Gasteiger charge is 2.18. The number of anilines is 2. The fraction of sp³-hybridized carbons (Fsp3) is 0.409. The number of hydrogen-bond acceptors (Lipinski definition) is 5. The van der Waals surface area contributed by atoms with Crippen LogP contribution in [0, 0.1) is 18.6 Å². The molecule has 1 amide bonds. The highest BCUT2D eigenvalue weighted by atomic mass is 32.2. The normalized spacial score (nSPS) is 15.1. The van der Waals surface area contributed by atoms with Crippen LogP contribution in [-0.4, -0.2) is 58.5 Å². The van der Waals surface area contributed by atoms with Crippen LogP contribution in [0.15, 0.2) is 41.3 Å². The van der Waals surface area contributed by atoms with Gasteiger partial charge in [0.2, 0.25) is 15.9 Å². The molecule has 1 aliphatic heterocycles. The molecule has 0 bridgehead atoms. The lowest BCUT2D eigenvalue weighted by Gasteiger charge is -2.35. The van der Waals surface area contributed by atoms with Crippen molar-refractivity contribution in [2.45, 2.75) is 25.2 Å². The van der Waals surface area contributed by atoms with E-state index in [9.17, 15) is 22.0 Å². The Labute approximate surface area is 187 Å². The van der Waals surface area contributed by atoms with Gasteiger partial charge >= 0.3 is 0 Å². The average molecular weight is 467 g/mol. The molecule has 174 valence electrons. The van der Waals surface area contributed by atoms with E-state index in [1.165, 1.54) is 0 Å². The summed E-state index contributed by atoms with van der Waals surface area (Å²) in [5.74, 6) is -2.74. The minimum Gasteiger partial charge on any atom is -0.369 e. The smallest absolute Gasteiger partial charge is 0.240 e. The predicted molar refractivity (Wildman–Crippen MR) is 120 cm³/mol. The lowest BCUT2D eigenvalue weighted by Crippen LogP contribution is -2.46. The molecule has 0 aromatic heterocycles. The SMILES string of the molecule is CCN1CCN(c2ccc(NC(=O)CCNS(=O)(=O)c3ccc(F)c(F)c3)c(C)c2)CC1. The highest BCUT2D eigenvalue weighted by Crippen LogP contribution is 2.24. The summed E-state index contributed by atoms with van der Waals surface area (Å²) in [6.07, 6.45) is -0.108. The van der Waals surface area contributed by atoms with Crippen LogP contribution in [0.3, 0.4) is 0 Å². The molecule has 1 aliphatic rings. The summed E-state index contributed by atoms with van der Waals surface area (Å²) in [5.41, 5.74) is 2.68. The van der Waals surface area contributed by atoms with Crippen LogP contribution >= 0.6 is 0 Å². The number of benzene rings is 2. The number of aryl methyl sites for hydroxylation is 1. The molecule has 0 atom stereocenters. The summed E-state index contributed by atoms with van der Waals surface area (Å²) in [7, 11) is -4.05. The number of carbonyl (C=O) groups is 1. The molecule has 0 aliphatic carbocycles. The van der Waals surface area contributed by atoms with E-state index in [4.69, 9.17) is 0 Å². The van der Waals surface area contributed by atoms with E-state index in [-0.39, 0.29) is 18.9 Å². The molecule has 32 heavy (non-hydrogen) atoms. The molecular weight excluding hydrogens is 438 g/mol. The second-order valence-corrected chi connectivity index (χ2v) is 9.46. The third-order valence-electron chi connectivity index (χ3n) is 5.51. The number of nitrogens with zero attached hydrogens (tertiary/aromatic N) is 2. The maximum Gasteiger partial charge on any atom is 0.240 e. The van der Waals surface area contributed by atoms with Crippen molar-refractivity contribution in [3.05, 3.63) is 53.6 Å². The van der Waals surface area contributed by atoms with Crippen molar-refractivity contribution in [1.29, 1.82) is 0 Å². The maximum absolute atomic E-state index is 13.3. The fourth-order valence-electron chi connectivity index (χ4n) is 3.55. The third kappa shape index (κ3) is 6.02. The quantitative estimate of drug-likeness (QED) is 0.625. The number of carbonyl (C=O) groups excluding carboxylic acids is 1. The summed E-state index contributed by atoms with van der Waals surface area (Å²) in [6, 6.07) is 8.16. The van der Waals surface area contributed by atoms with Gasteiger partial charge in [-0.2, -0.15) is 0 Å². The minimum atomic E-state index is -4.05. The summed E-state index contributed by atoms with van der Waals surface area (Å²) in [6.45, 7) is 8.90. The van der Waals surface area contributed by atoms with Gasteiger partial charge in [-0.3, -0.25) is 4.79 Å². The van der Waals surface area contributed by atoms with Crippen molar-refractivity contribution in [2.75, 3.05) is 49.5 Å². The second-order valence-electron chi connectivity index (χ2n) is 7.69. The lowest BCUT2D eigenvalue weighted by atomic mass is 10.1. The second kappa shape index (κ2) is 10.4. The molecule has 7 nitrogen and oxygen atoms in total. The van der Waals surface area contributed by atoms with Gasteiger partial charge in [-0.1, -0.05) is 6.92 Å². The summed E-state index contributed by atoms with van der Waals surface area (Å²) in [5, 5.41) is 2.79. The Bertz CT molecular complexity index is 1070. The topological polar surface area (TPSA) is 81.8 Å². The number of likely N-dealkylation sites (N-methyl/N-ethyl adjacent to an activating group) is 1. The fourth-order valence-corrected chi connectivity index (χ4v) is 4.59. The molecule has 0 spiro atoms. The monoisotopic (exact) mass is 466 g/mol. The van der Waals surface area contributed by atoms with Gasteiger partial charge in [0.25, 0.3) is 0 Å². The molecule has 1 saturated heterocycles. The number of sulfonamides is 1. The lowest BCUT2D eigenvalue weighted by molar-refractivity contribution is -0.116. The van der Waals surface area contributed by atoms with Crippen LogP contribution in [0.2, 0.25) is 0 Å². The zero-order valence-corrected chi connectivity index (χ0v) is 19.0. The molecule has 3 rings (SSSR count). The Morgan fingerprint density at radius 2 is 1.75 bits per heavy atom. The number of rotatable bonds is 8. The van der Waals surface area contributed by atoms with Gasteiger partial charge in [0.05, 0.1) is 4.90 Å². The van der Waals surface area contributed by atoms with Crippen LogP contribution < -0.4 is 14.9 Å². The zero-order valence-electron chi connectivity index (χ0n) is 18.2. The third-order valence-corrected chi connectivity index (χ3v) is 6.97. The van der Waals surface area contributed by atoms with Gasteiger partial charge in [0.15, 0.2) is 11.6 Å². The number of hydrogen-bond donors (Lipinski definition) is 2. The van der Waals surface area contributed by atoms with E-state index in [2.05, 4.69) is 26.8 Å². The van der Waals surface area contributed by atoms with Crippen molar-refractivity contribution in [2.24, 2.45) is 0 Å². The molecule has 2 aromatic carbocycles. The molecule has 0 radical (unpaired) electrons.